The lowest BCUT2D eigenvalue weighted by Crippen LogP contribution is -2.22. The molecule has 3 rings (SSSR count). The van der Waals surface area contributed by atoms with Crippen LogP contribution in [-0.4, -0.2) is 18.0 Å². The molecule has 1 amide bonds. The number of carbonyl (C=O) groups excluding carboxylic acids is 1. The first-order valence-corrected chi connectivity index (χ1v) is 7.84. The lowest BCUT2D eigenvalue weighted by Gasteiger charge is -2.09. The van der Waals surface area contributed by atoms with Crippen molar-refractivity contribution in [3.63, 3.8) is 0 Å². The molecule has 0 aliphatic rings. The van der Waals surface area contributed by atoms with Crippen molar-refractivity contribution in [2.24, 2.45) is 0 Å². The van der Waals surface area contributed by atoms with Crippen molar-refractivity contribution in [1.29, 1.82) is 0 Å². The molecule has 0 unspecified atom stereocenters. The zero-order valence-corrected chi connectivity index (χ0v) is 13.8. The van der Waals surface area contributed by atoms with Gasteiger partial charge in [-0.1, -0.05) is 18.2 Å². The minimum absolute atomic E-state index is 0.164. The first-order chi connectivity index (χ1) is 12.2. The van der Waals surface area contributed by atoms with E-state index in [0.29, 0.717) is 23.6 Å². The summed E-state index contributed by atoms with van der Waals surface area (Å²) in [5.74, 6) is 1.87. The number of nitrogens with one attached hydrogen (secondary N) is 1. The average Bonchev–Trinajstić information content (AvgIpc) is 2.67. The monoisotopic (exact) mass is 334 g/mol. The number of rotatable bonds is 6. The fraction of sp³-hybridized carbons (Fsp3) is 0.100. The highest BCUT2D eigenvalue weighted by atomic mass is 16.5. The molecule has 0 aliphatic heterocycles. The normalized spacial score (nSPS) is 10.1. The Morgan fingerprint density at radius 1 is 0.960 bits per heavy atom. The van der Waals surface area contributed by atoms with Crippen LogP contribution in [0.1, 0.15) is 15.9 Å². The highest BCUT2D eigenvalue weighted by Gasteiger charge is 2.07. The number of nitrogens with zero attached hydrogens (tertiary/aromatic N) is 1. The SMILES string of the molecule is COc1cccc(CNC(=O)c2cccc(Oc3ccncc3)c2)c1. The molecular formula is C20H18N2O3. The largest absolute Gasteiger partial charge is 0.497 e. The number of pyridine rings is 1. The highest BCUT2D eigenvalue weighted by Crippen LogP contribution is 2.21. The van der Waals surface area contributed by atoms with Gasteiger partial charge in [-0.2, -0.15) is 0 Å². The molecule has 0 atom stereocenters. The Labute approximate surface area is 146 Å². The van der Waals surface area contributed by atoms with Crippen molar-refractivity contribution in [2.45, 2.75) is 6.54 Å². The van der Waals surface area contributed by atoms with Gasteiger partial charge in [0.15, 0.2) is 0 Å². The average molecular weight is 334 g/mol. The standard InChI is InChI=1S/C20H18N2O3/c1-24-18-6-2-4-15(12-18)14-22-20(23)16-5-3-7-19(13-16)25-17-8-10-21-11-9-17/h2-13H,14H2,1H3,(H,22,23). The summed E-state index contributed by atoms with van der Waals surface area (Å²) in [6.45, 7) is 0.422. The van der Waals surface area contributed by atoms with Gasteiger partial charge in [0, 0.05) is 24.5 Å². The summed E-state index contributed by atoms with van der Waals surface area (Å²) in [4.78, 5) is 16.3. The molecule has 5 nitrogen and oxygen atoms in total. The van der Waals surface area contributed by atoms with E-state index in [1.807, 2.05) is 24.3 Å². The van der Waals surface area contributed by atoms with Crippen LogP contribution in [0.2, 0.25) is 0 Å². The molecule has 25 heavy (non-hydrogen) atoms. The number of aromatic nitrogens is 1. The lowest BCUT2D eigenvalue weighted by atomic mass is 10.1. The van der Waals surface area contributed by atoms with Crippen molar-refractivity contribution in [2.75, 3.05) is 7.11 Å². The molecule has 1 aromatic heterocycles. The molecule has 0 saturated heterocycles. The number of amides is 1. The third-order valence-electron chi connectivity index (χ3n) is 3.57. The minimum atomic E-state index is -0.164. The first kappa shape index (κ1) is 16.5. The summed E-state index contributed by atoms with van der Waals surface area (Å²) in [6.07, 6.45) is 3.31. The Hall–Kier alpha value is -3.34. The summed E-state index contributed by atoms with van der Waals surface area (Å²) >= 11 is 0. The van der Waals surface area contributed by atoms with Crippen molar-refractivity contribution < 1.29 is 14.3 Å². The zero-order valence-electron chi connectivity index (χ0n) is 13.8. The van der Waals surface area contributed by atoms with Crippen LogP contribution in [-0.2, 0) is 6.54 Å². The number of hydrogen-bond acceptors (Lipinski definition) is 4. The van der Waals surface area contributed by atoms with Crippen molar-refractivity contribution in [3.05, 3.63) is 84.2 Å². The third kappa shape index (κ3) is 4.57. The van der Waals surface area contributed by atoms with Crippen molar-refractivity contribution in [3.8, 4) is 17.2 Å². The molecule has 3 aromatic rings. The van der Waals surface area contributed by atoms with E-state index in [2.05, 4.69) is 10.3 Å². The maximum Gasteiger partial charge on any atom is 0.251 e. The first-order valence-electron chi connectivity index (χ1n) is 7.84. The van der Waals surface area contributed by atoms with Gasteiger partial charge in [0.25, 0.3) is 5.91 Å². The predicted molar refractivity (Wildman–Crippen MR) is 94.9 cm³/mol. The number of methoxy groups -OCH3 is 1. The third-order valence-corrected chi connectivity index (χ3v) is 3.57. The quantitative estimate of drug-likeness (QED) is 0.744. The number of carbonyl (C=O) groups is 1. The van der Waals surface area contributed by atoms with Crippen LogP contribution in [0.4, 0.5) is 0 Å². The molecular weight excluding hydrogens is 316 g/mol. The molecule has 0 aliphatic carbocycles. The fourth-order valence-corrected chi connectivity index (χ4v) is 2.31. The summed E-state index contributed by atoms with van der Waals surface area (Å²) in [5, 5.41) is 2.90. The van der Waals surface area contributed by atoms with Gasteiger partial charge in [-0.3, -0.25) is 9.78 Å². The van der Waals surface area contributed by atoms with E-state index >= 15 is 0 Å². The van der Waals surface area contributed by atoms with Crippen LogP contribution in [0, 0.1) is 0 Å². The van der Waals surface area contributed by atoms with Gasteiger partial charge >= 0.3 is 0 Å². The van der Waals surface area contributed by atoms with Gasteiger partial charge < -0.3 is 14.8 Å². The van der Waals surface area contributed by atoms with Crippen LogP contribution in [0.15, 0.2) is 73.1 Å². The van der Waals surface area contributed by atoms with Crippen molar-refractivity contribution >= 4 is 5.91 Å². The molecule has 0 bridgehead atoms. The molecule has 1 N–H and O–H groups in total. The van der Waals surface area contributed by atoms with Gasteiger partial charge in [0.2, 0.25) is 0 Å². The fourth-order valence-electron chi connectivity index (χ4n) is 2.31. The molecule has 0 saturated carbocycles. The smallest absolute Gasteiger partial charge is 0.251 e. The Morgan fingerprint density at radius 2 is 1.72 bits per heavy atom. The Morgan fingerprint density at radius 3 is 2.52 bits per heavy atom. The van der Waals surface area contributed by atoms with E-state index in [1.54, 1.807) is 55.9 Å². The Bertz CT molecular complexity index is 850. The Kier molecular flexibility index (Phi) is 5.26. The van der Waals surface area contributed by atoms with Gasteiger partial charge in [0.1, 0.15) is 17.2 Å². The van der Waals surface area contributed by atoms with E-state index < -0.39 is 0 Å². The molecule has 0 spiro atoms. The van der Waals surface area contributed by atoms with Gasteiger partial charge in [-0.25, -0.2) is 0 Å². The molecule has 2 aromatic carbocycles. The van der Waals surface area contributed by atoms with E-state index in [1.165, 1.54) is 0 Å². The second-order valence-electron chi connectivity index (χ2n) is 5.35. The topological polar surface area (TPSA) is 60.5 Å². The zero-order chi connectivity index (χ0) is 17.5. The number of hydrogen-bond donors (Lipinski definition) is 1. The molecule has 126 valence electrons. The van der Waals surface area contributed by atoms with Crippen LogP contribution in [0.3, 0.4) is 0 Å². The summed E-state index contributed by atoms with van der Waals surface area (Å²) in [6, 6.07) is 18.2. The van der Waals surface area contributed by atoms with Gasteiger partial charge in [0.05, 0.1) is 7.11 Å². The molecule has 0 fully saturated rings. The van der Waals surface area contributed by atoms with Gasteiger partial charge in [-0.05, 0) is 48.0 Å². The highest BCUT2D eigenvalue weighted by molar-refractivity contribution is 5.94. The Balaban J connectivity index is 1.64. The van der Waals surface area contributed by atoms with E-state index in [4.69, 9.17) is 9.47 Å². The van der Waals surface area contributed by atoms with Crippen LogP contribution >= 0.6 is 0 Å². The minimum Gasteiger partial charge on any atom is -0.497 e. The van der Waals surface area contributed by atoms with E-state index in [0.717, 1.165) is 11.3 Å². The van der Waals surface area contributed by atoms with Crippen molar-refractivity contribution in [1.82, 2.24) is 10.3 Å². The number of benzene rings is 2. The van der Waals surface area contributed by atoms with Crippen LogP contribution < -0.4 is 14.8 Å². The summed E-state index contributed by atoms with van der Waals surface area (Å²) < 4.78 is 10.9. The number of ether oxygens (including phenoxy) is 2. The molecule has 5 heteroatoms. The maximum atomic E-state index is 12.4. The predicted octanol–water partition coefficient (Wildman–Crippen LogP) is 3.81. The second-order valence-corrected chi connectivity index (χ2v) is 5.35. The van der Waals surface area contributed by atoms with E-state index in [9.17, 15) is 4.79 Å². The summed E-state index contributed by atoms with van der Waals surface area (Å²) in [5.41, 5.74) is 1.51. The van der Waals surface area contributed by atoms with Crippen LogP contribution in [0.5, 0.6) is 17.2 Å². The maximum absolute atomic E-state index is 12.4. The molecule has 0 radical (unpaired) electrons. The molecule has 1 heterocycles. The van der Waals surface area contributed by atoms with E-state index in [-0.39, 0.29) is 5.91 Å². The second kappa shape index (κ2) is 7.97. The summed E-state index contributed by atoms with van der Waals surface area (Å²) in [7, 11) is 1.62. The lowest BCUT2D eigenvalue weighted by molar-refractivity contribution is 0.0950. The van der Waals surface area contributed by atoms with Gasteiger partial charge in [-0.15, -0.1) is 0 Å². The van der Waals surface area contributed by atoms with Crippen LogP contribution in [0.25, 0.3) is 0 Å².